The number of rotatable bonds is 2. The van der Waals surface area contributed by atoms with E-state index in [4.69, 9.17) is 0 Å². The molecule has 3 rings (SSSR count). The summed E-state index contributed by atoms with van der Waals surface area (Å²) in [5, 5.41) is 0. The Balaban J connectivity index is 0.00000110. The van der Waals surface area contributed by atoms with Crippen LogP contribution in [-0.4, -0.2) is 6.88 Å². The van der Waals surface area contributed by atoms with Gasteiger partial charge in [0.15, 0.2) is 0 Å². The summed E-state index contributed by atoms with van der Waals surface area (Å²) in [6, 6.07) is 8.95. The predicted molar refractivity (Wildman–Crippen MR) is 99.4 cm³/mol. The van der Waals surface area contributed by atoms with E-state index in [1.54, 1.807) is 14.4 Å². The van der Waals surface area contributed by atoms with Crippen molar-refractivity contribution in [2.24, 2.45) is 0 Å². The smallest absolute Gasteiger partial charge is 0.147 e. The van der Waals surface area contributed by atoms with Crippen molar-refractivity contribution in [3.05, 3.63) is 62.5 Å². The molecule has 0 fully saturated rings. The van der Waals surface area contributed by atoms with E-state index >= 15 is 0 Å². The van der Waals surface area contributed by atoms with Gasteiger partial charge in [-0.25, -0.2) is 0 Å². The Morgan fingerprint density at radius 1 is 1.10 bits per heavy atom. The average molecular weight is 419 g/mol. The van der Waals surface area contributed by atoms with Crippen LogP contribution in [0.2, 0.25) is 9.26 Å². The van der Waals surface area contributed by atoms with E-state index in [2.05, 4.69) is 71.6 Å². The minimum absolute atomic E-state index is 0. The van der Waals surface area contributed by atoms with Crippen molar-refractivity contribution >= 4 is 37.8 Å². The molecular formula is C17H24Cl2SiZr. The van der Waals surface area contributed by atoms with Crippen LogP contribution in [0, 0.1) is 0 Å². The standard InChI is InChI=1S/C9H7.C6H7.2CH3.2ClH.H2Si.Zr/c1-2-5-9-7-3-6-8(9)4-1;1-6-4-2-3-5-6;;;;;;/h1-7H;2,4H,3H2,1H3;2*1H3;2*1H;1H2;. The van der Waals surface area contributed by atoms with Crippen molar-refractivity contribution in [1.82, 2.24) is 0 Å². The van der Waals surface area contributed by atoms with Gasteiger partial charge < -0.3 is 0 Å². The summed E-state index contributed by atoms with van der Waals surface area (Å²) in [5.74, 6) is 0. The van der Waals surface area contributed by atoms with Gasteiger partial charge in [-0.15, -0.1) is 24.8 Å². The maximum atomic E-state index is 2.63. The molecule has 0 aromatic heterocycles. The van der Waals surface area contributed by atoms with Crippen LogP contribution in [-0.2, 0) is 17.4 Å². The minimum Gasteiger partial charge on any atom is -0.147 e. The summed E-state index contributed by atoms with van der Waals surface area (Å²) in [5.41, 5.74) is 4.55. The maximum Gasteiger partial charge on any atom is -0.147 e. The molecule has 0 saturated heterocycles. The molecule has 0 saturated carbocycles. The van der Waals surface area contributed by atoms with Crippen molar-refractivity contribution in [1.29, 1.82) is 0 Å². The maximum absolute atomic E-state index is 2.88. The first-order valence-corrected chi connectivity index (χ1v) is 20.6. The number of fused-ring (bicyclic) bond motifs is 1. The molecule has 0 nitrogen and oxygen atoms in total. The second-order valence-electron chi connectivity index (χ2n) is 7.04. The summed E-state index contributed by atoms with van der Waals surface area (Å²) in [7, 11) is 0. The zero-order valence-corrected chi connectivity index (χ0v) is 18.4. The molecule has 1 aromatic carbocycles. The molecular weight excluding hydrogens is 394 g/mol. The van der Waals surface area contributed by atoms with E-state index < -0.39 is 17.4 Å². The Hall–Kier alpha value is 0.120. The van der Waals surface area contributed by atoms with Crippen molar-refractivity contribution < 1.29 is 17.4 Å². The van der Waals surface area contributed by atoms with Gasteiger partial charge in [-0.3, -0.25) is 0 Å². The molecule has 2 aliphatic carbocycles. The number of benzene rings is 1. The summed E-state index contributed by atoms with van der Waals surface area (Å²) >= 11 is -2.88. The van der Waals surface area contributed by atoms with Crippen LogP contribution in [0.5, 0.6) is 0 Å². The molecule has 1 aromatic rings. The minimum atomic E-state index is -2.88. The zero-order valence-electron chi connectivity index (χ0n) is 12.9. The first kappa shape index (κ1) is 19.2. The molecule has 0 radical (unpaired) electrons. The van der Waals surface area contributed by atoms with Crippen LogP contribution in [0.3, 0.4) is 0 Å². The van der Waals surface area contributed by atoms with Gasteiger partial charge in [0, 0.05) is 0 Å². The van der Waals surface area contributed by atoms with Gasteiger partial charge >= 0.3 is 119 Å². The van der Waals surface area contributed by atoms with Gasteiger partial charge in [0.05, 0.1) is 0 Å². The van der Waals surface area contributed by atoms with Gasteiger partial charge in [0.2, 0.25) is 0 Å². The van der Waals surface area contributed by atoms with E-state index in [0.717, 1.165) is 0 Å². The topological polar surface area (TPSA) is 0 Å². The van der Waals surface area contributed by atoms with Crippen molar-refractivity contribution in [3.63, 3.8) is 0 Å². The second-order valence-corrected chi connectivity index (χ2v) is 36.7. The van der Waals surface area contributed by atoms with Crippen molar-refractivity contribution in [2.75, 3.05) is 0 Å². The molecule has 4 heteroatoms. The fourth-order valence-corrected chi connectivity index (χ4v) is 19.6. The molecule has 114 valence electrons. The Bertz CT molecular complexity index is 707. The van der Waals surface area contributed by atoms with E-state index in [1.165, 1.54) is 12.0 Å². The van der Waals surface area contributed by atoms with Gasteiger partial charge in [-0.2, -0.15) is 0 Å². The first-order valence-electron chi connectivity index (χ1n) is 7.10. The van der Waals surface area contributed by atoms with E-state index in [1.807, 2.05) is 0 Å². The Morgan fingerprint density at radius 3 is 2.38 bits per heavy atom. The molecule has 1 atom stereocenters. The largest absolute Gasteiger partial charge is 0.147 e. The summed E-state index contributed by atoms with van der Waals surface area (Å²) in [6.45, 7) is 4.67. The van der Waals surface area contributed by atoms with E-state index in [0.29, 0.717) is 3.63 Å². The number of hydrogen-bond acceptors (Lipinski definition) is 0. The monoisotopic (exact) mass is 416 g/mol. The van der Waals surface area contributed by atoms with Crippen LogP contribution in [0.1, 0.15) is 28.1 Å². The Labute approximate surface area is 143 Å². The molecule has 0 spiro atoms. The molecule has 21 heavy (non-hydrogen) atoms. The number of hydrogen-bond donors (Lipinski definition) is 0. The van der Waals surface area contributed by atoms with Gasteiger partial charge in [0.1, 0.15) is 0 Å². The third-order valence-corrected chi connectivity index (χ3v) is 22.6. The number of allylic oxidation sites excluding steroid dienone is 5. The first-order chi connectivity index (χ1) is 8.88. The van der Waals surface area contributed by atoms with Crippen LogP contribution in [0.4, 0.5) is 0 Å². The van der Waals surface area contributed by atoms with Crippen LogP contribution in [0.15, 0.2) is 51.3 Å². The fraction of sp³-hybridized carbons (Fsp3) is 0.294. The Kier molecular flexibility index (Phi) is 5.77. The van der Waals surface area contributed by atoms with Gasteiger partial charge in [-0.1, -0.05) is 0 Å². The molecule has 0 bridgehead atoms. The summed E-state index contributed by atoms with van der Waals surface area (Å²) in [6.07, 6.45) is 10.7. The summed E-state index contributed by atoms with van der Waals surface area (Å²) < 4.78 is 7.73. The van der Waals surface area contributed by atoms with Crippen LogP contribution in [0.25, 0.3) is 6.08 Å². The van der Waals surface area contributed by atoms with E-state index in [-0.39, 0.29) is 24.8 Å². The predicted octanol–water partition coefficient (Wildman–Crippen LogP) is 5.17. The second kappa shape index (κ2) is 6.32. The van der Waals surface area contributed by atoms with Crippen molar-refractivity contribution in [2.45, 2.75) is 26.2 Å². The fourth-order valence-electron chi connectivity index (χ4n) is 3.84. The van der Waals surface area contributed by atoms with E-state index in [9.17, 15) is 0 Å². The third kappa shape index (κ3) is 3.11. The molecule has 0 N–H and O–H groups in total. The number of halogens is 2. The van der Waals surface area contributed by atoms with Gasteiger partial charge in [0.25, 0.3) is 0 Å². The Morgan fingerprint density at radius 2 is 1.76 bits per heavy atom. The molecule has 2 aliphatic rings. The average Bonchev–Trinajstić information content (AvgIpc) is 2.94. The molecule has 0 heterocycles. The third-order valence-electron chi connectivity index (χ3n) is 4.95. The molecule has 0 aliphatic heterocycles. The van der Waals surface area contributed by atoms with Crippen LogP contribution < -0.4 is 0 Å². The zero-order chi connectivity index (χ0) is 13.7. The SMILES string of the molecule is CC1=[C]([Zr]([CH3])([CH3])(=[SiH2])[CH]2C=Cc3ccccc32)CC=C1.Cl.Cl. The van der Waals surface area contributed by atoms with Crippen molar-refractivity contribution in [3.8, 4) is 0 Å². The molecule has 0 amide bonds. The van der Waals surface area contributed by atoms with Gasteiger partial charge in [-0.05, 0) is 0 Å². The van der Waals surface area contributed by atoms with Crippen LogP contribution >= 0.6 is 24.8 Å². The quantitative estimate of drug-likeness (QED) is 0.582. The molecule has 1 unspecified atom stereocenters. The summed E-state index contributed by atoms with van der Waals surface area (Å²) in [4.78, 5) is 0. The normalized spacial score (nSPS) is 20.1.